The molecule has 0 aromatic heterocycles. The zero-order valence-corrected chi connectivity index (χ0v) is 14.7. The van der Waals surface area contributed by atoms with Crippen molar-refractivity contribution in [3.05, 3.63) is 81.9 Å². The first-order valence-electron chi connectivity index (χ1n) is 8.43. The molecule has 0 spiro atoms. The molecule has 0 saturated heterocycles. The number of halogens is 6. The second kappa shape index (κ2) is 6.48. The first-order valence-corrected chi connectivity index (χ1v) is 8.43. The average Bonchev–Trinajstić information content (AvgIpc) is 3.19. The Hall–Kier alpha value is -3.56. The van der Waals surface area contributed by atoms with E-state index in [9.17, 15) is 35.9 Å². The number of benzene rings is 2. The number of carbonyl (C=O) groups excluding carboxylic acids is 2. The fraction of sp³-hybridized carbons (Fsp3) is 0.100. The Balaban J connectivity index is 1.86. The van der Waals surface area contributed by atoms with E-state index in [4.69, 9.17) is 0 Å². The molecule has 30 heavy (non-hydrogen) atoms. The van der Waals surface area contributed by atoms with E-state index in [-0.39, 0.29) is 33.7 Å². The lowest BCUT2D eigenvalue weighted by atomic mass is 10.00. The summed E-state index contributed by atoms with van der Waals surface area (Å²) in [4.78, 5) is 25.0. The van der Waals surface area contributed by atoms with Crippen LogP contribution in [0.4, 0.5) is 26.3 Å². The summed E-state index contributed by atoms with van der Waals surface area (Å²) >= 11 is 0. The van der Waals surface area contributed by atoms with Crippen molar-refractivity contribution in [1.29, 1.82) is 0 Å². The summed E-state index contributed by atoms with van der Waals surface area (Å²) < 4.78 is 78.1. The van der Waals surface area contributed by atoms with Gasteiger partial charge >= 0.3 is 12.4 Å². The molecule has 2 aliphatic heterocycles. The van der Waals surface area contributed by atoms with E-state index >= 15 is 0 Å². The van der Waals surface area contributed by atoms with Crippen LogP contribution in [-0.4, -0.2) is 11.8 Å². The number of hydrogen-bond donors (Lipinski definition) is 2. The number of amides is 2. The molecule has 0 aliphatic carbocycles. The van der Waals surface area contributed by atoms with Crippen molar-refractivity contribution in [2.75, 3.05) is 0 Å². The fourth-order valence-electron chi connectivity index (χ4n) is 3.32. The molecule has 2 aromatic rings. The monoisotopic (exact) mass is 424 g/mol. The van der Waals surface area contributed by atoms with Crippen LogP contribution in [-0.2, 0) is 21.9 Å². The highest BCUT2D eigenvalue weighted by molar-refractivity contribution is 6.30. The van der Waals surface area contributed by atoms with Gasteiger partial charge in [-0.15, -0.1) is 0 Å². The van der Waals surface area contributed by atoms with Gasteiger partial charge in [0.1, 0.15) is 0 Å². The first-order chi connectivity index (χ1) is 14.0. The van der Waals surface area contributed by atoms with E-state index in [2.05, 4.69) is 10.6 Å². The Bertz CT molecular complexity index is 1070. The lowest BCUT2D eigenvalue weighted by Crippen LogP contribution is -2.21. The smallest absolute Gasteiger partial charge is 0.321 e. The third-order valence-corrected chi connectivity index (χ3v) is 4.64. The van der Waals surface area contributed by atoms with E-state index in [1.165, 1.54) is 12.1 Å². The van der Waals surface area contributed by atoms with Crippen LogP contribution in [0.3, 0.4) is 0 Å². The highest BCUT2D eigenvalue weighted by atomic mass is 19.4. The summed E-state index contributed by atoms with van der Waals surface area (Å²) in [7, 11) is 0. The zero-order chi connectivity index (χ0) is 21.8. The van der Waals surface area contributed by atoms with E-state index in [1.807, 2.05) is 0 Å². The summed E-state index contributed by atoms with van der Waals surface area (Å²) in [6.45, 7) is 0. The Morgan fingerprint density at radius 1 is 0.600 bits per heavy atom. The van der Waals surface area contributed by atoms with Gasteiger partial charge in [-0.25, -0.2) is 0 Å². The van der Waals surface area contributed by atoms with Gasteiger partial charge in [-0.3, -0.25) is 9.59 Å². The summed E-state index contributed by atoms with van der Waals surface area (Å²) in [5.74, 6) is -1.61. The number of carbonyl (C=O) groups is 2. The third kappa shape index (κ3) is 3.23. The highest BCUT2D eigenvalue weighted by Crippen LogP contribution is 2.39. The van der Waals surface area contributed by atoms with Gasteiger partial charge < -0.3 is 10.6 Å². The number of hydrogen-bond acceptors (Lipinski definition) is 2. The van der Waals surface area contributed by atoms with Gasteiger partial charge in [0.25, 0.3) is 11.8 Å². The minimum Gasteiger partial charge on any atom is -0.321 e. The number of fused-ring (bicyclic) bond motifs is 1. The molecule has 2 aromatic carbocycles. The minimum absolute atomic E-state index is 0.0522. The standard InChI is InChI=1S/C20H10F6N2O2/c21-19(22,23)11-5-1-3-9(7-11)15-13-14(18(30)27-15)16(28-17(13)29)10-4-2-6-12(8-10)20(24,25)26/h1-8H,(H,27,30)(H,28,29). The van der Waals surface area contributed by atoms with Crippen LogP contribution in [0.25, 0.3) is 11.4 Å². The van der Waals surface area contributed by atoms with Gasteiger partial charge in [-0.2, -0.15) is 26.3 Å². The van der Waals surface area contributed by atoms with E-state index in [1.54, 1.807) is 0 Å². The molecular formula is C20H10F6N2O2. The Morgan fingerprint density at radius 2 is 0.967 bits per heavy atom. The van der Waals surface area contributed by atoms with Crippen LogP contribution in [0.5, 0.6) is 0 Å². The van der Waals surface area contributed by atoms with E-state index in [0.29, 0.717) is 0 Å². The van der Waals surface area contributed by atoms with Crippen LogP contribution in [0, 0.1) is 0 Å². The molecule has 0 unspecified atom stereocenters. The normalized spacial score (nSPS) is 16.7. The lowest BCUT2D eigenvalue weighted by molar-refractivity contribution is -0.138. The van der Waals surface area contributed by atoms with E-state index < -0.39 is 35.3 Å². The molecule has 2 aliphatic rings. The molecule has 154 valence electrons. The Morgan fingerprint density at radius 3 is 1.30 bits per heavy atom. The van der Waals surface area contributed by atoms with E-state index in [0.717, 1.165) is 36.4 Å². The lowest BCUT2D eigenvalue weighted by Gasteiger charge is -2.11. The summed E-state index contributed by atoms with van der Waals surface area (Å²) in [6.07, 6.45) is -9.27. The summed E-state index contributed by atoms with van der Waals surface area (Å²) in [5.41, 5.74) is -2.76. The molecular weight excluding hydrogens is 414 g/mol. The Kier molecular flexibility index (Phi) is 4.26. The van der Waals surface area contributed by atoms with Gasteiger partial charge in [0, 0.05) is 0 Å². The SMILES string of the molecule is O=C1NC(c2cccc(C(F)(F)F)c2)=C2C(=O)NC(c3cccc(C(F)(F)F)c3)=C12. The number of nitrogens with one attached hydrogen (secondary N) is 2. The van der Waals surface area contributed by atoms with Crippen molar-refractivity contribution in [1.82, 2.24) is 10.6 Å². The van der Waals surface area contributed by atoms with Crippen LogP contribution < -0.4 is 10.6 Å². The topological polar surface area (TPSA) is 58.2 Å². The van der Waals surface area contributed by atoms with Gasteiger partial charge in [0.15, 0.2) is 0 Å². The van der Waals surface area contributed by atoms with Crippen LogP contribution in [0.1, 0.15) is 22.3 Å². The van der Waals surface area contributed by atoms with Gasteiger partial charge in [-0.1, -0.05) is 24.3 Å². The highest BCUT2D eigenvalue weighted by Gasteiger charge is 2.42. The average molecular weight is 424 g/mol. The summed E-state index contributed by atoms with van der Waals surface area (Å²) in [5, 5.41) is 4.72. The van der Waals surface area contributed by atoms with Gasteiger partial charge in [-0.05, 0) is 35.4 Å². The molecule has 2 heterocycles. The van der Waals surface area contributed by atoms with Crippen molar-refractivity contribution in [3.63, 3.8) is 0 Å². The molecule has 4 nitrogen and oxygen atoms in total. The number of rotatable bonds is 2. The molecule has 10 heteroatoms. The molecule has 0 bridgehead atoms. The van der Waals surface area contributed by atoms with Crippen molar-refractivity contribution in [2.24, 2.45) is 0 Å². The molecule has 0 fully saturated rings. The largest absolute Gasteiger partial charge is 0.416 e. The predicted octanol–water partition coefficient (Wildman–Crippen LogP) is 4.11. The molecule has 0 saturated carbocycles. The second-order valence-electron chi connectivity index (χ2n) is 6.57. The van der Waals surface area contributed by atoms with Gasteiger partial charge in [0.05, 0.1) is 33.7 Å². The van der Waals surface area contributed by atoms with Crippen molar-refractivity contribution < 1.29 is 35.9 Å². The number of alkyl halides is 6. The fourth-order valence-corrected chi connectivity index (χ4v) is 3.32. The maximum absolute atomic E-state index is 13.0. The van der Waals surface area contributed by atoms with Crippen molar-refractivity contribution >= 4 is 23.2 Å². The molecule has 2 N–H and O–H groups in total. The Labute approximate surface area is 164 Å². The maximum Gasteiger partial charge on any atom is 0.416 e. The summed E-state index contributed by atoms with van der Waals surface area (Å²) in [6, 6.07) is 8.06. The van der Waals surface area contributed by atoms with Crippen LogP contribution >= 0.6 is 0 Å². The van der Waals surface area contributed by atoms with Crippen molar-refractivity contribution in [3.8, 4) is 0 Å². The zero-order valence-electron chi connectivity index (χ0n) is 14.7. The molecule has 4 rings (SSSR count). The molecule has 0 atom stereocenters. The van der Waals surface area contributed by atoms with Crippen LogP contribution in [0.2, 0.25) is 0 Å². The first kappa shape index (κ1) is 19.7. The van der Waals surface area contributed by atoms with Crippen LogP contribution in [0.15, 0.2) is 59.7 Å². The third-order valence-electron chi connectivity index (χ3n) is 4.64. The maximum atomic E-state index is 13.0. The van der Waals surface area contributed by atoms with Crippen molar-refractivity contribution in [2.45, 2.75) is 12.4 Å². The molecule has 0 radical (unpaired) electrons. The second-order valence-corrected chi connectivity index (χ2v) is 6.57. The predicted molar refractivity (Wildman–Crippen MR) is 93.0 cm³/mol. The quantitative estimate of drug-likeness (QED) is 0.714. The minimum atomic E-state index is -4.64. The van der Waals surface area contributed by atoms with Gasteiger partial charge in [0.2, 0.25) is 0 Å². The molecule has 2 amide bonds.